The molecule has 0 bridgehead atoms. The van der Waals surface area contributed by atoms with Gasteiger partial charge in [-0.3, -0.25) is 0 Å². The van der Waals surface area contributed by atoms with Gasteiger partial charge in [0.15, 0.2) is 0 Å². The van der Waals surface area contributed by atoms with Crippen LogP contribution in [0.3, 0.4) is 0 Å². The quantitative estimate of drug-likeness (QED) is 0.834. The van der Waals surface area contributed by atoms with E-state index in [-0.39, 0.29) is 5.41 Å². The van der Waals surface area contributed by atoms with Crippen LogP contribution in [0.5, 0.6) is 0 Å². The molecule has 0 radical (unpaired) electrons. The maximum absolute atomic E-state index is 5.94. The van der Waals surface area contributed by atoms with E-state index in [0.717, 1.165) is 49.0 Å². The van der Waals surface area contributed by atoms with Gasteiger partial charge in [-0.05, 0) is 36.3 Å². The van der Waals surface area contributed by atoms with Gasteiger partial charge >= 0.3 is 0 Å². The zero-order valence-corrected chi connectivity index (χ0v) is 12.1. The molecule has 0 unspecified atom stereocenters. The molecule has 18 heavy (non-hydrogen) atoms. The van der Waals surface area contributed by atoms with Crippen molar-refractivity contribution in [2.24, 2.45) is 5.41 Å². The molecule has 0 aliphatic carbocycles. The van der Waals surface area contributed by atoms with Crippen molar-refractivity contribution in [3.05, 3.63) is 34.9 Å². The highest BCUT2D eigenvalue weighted by atomic mass is 35.5. The van der Waals surface area contributed by atoms with Crippen molar-refractivity contribution in [3.63, 3.8) is 0 Å². The van der Waals surface area contributed by atoms with Gasteiger partial charge in [0.05, 0.1) is 13.2 Å². The average molecular weight is 287 g/mol. The molecule has 2 rings (SSSR count). The zero-order chi connectivity index (χ0) is 12.8. The summed E-state index contributed by atoms with van der Waals surface area (Å²) in [5.74, 6) is 0.853. The smallest absolute Gasteiger partial charge is 0.0717 e. The molecule has 0 spiro atoms. The molecule has 0 N–H and O–H groups in total. The Morgan fingerprint density at radius 3 is 2.78 bits per heavy atom. The molecule has 100 valence electrons. The molecule has 1 saturated heterocycles. The molecule has 1 aromatic rings. The highest BCUT2D eigenvalue weighted by molar-refractivity contribution is 7.80. The van der Waals surface area contributed by atoms with Gasteiger partial charge in [0, 0.05) is 23.7 Å². The first kappa shape index (κ1) is 14.2. The summed E-state index contributed by atoms with van der Waals surface area (Å²) in [6.45, 7) is 2.99. The van der Waals surface area contributed by atoms with Crippen LogP contribution in [-0.4, -0.2) is 25.6 Å². The highest BCUT2D eigenvalue weighted by Gasteiger charge is 2.31. The lowest BCUT2D eigenvalue weighted by atomic mass is 9.83. The normalized spacial score (nSPS) is 18.8. The average Bonchev–Trinajstić information content (AvgIpc) is 2.40. The second-order valence-corrected chi connectivity index (χ2v) is 5.65. The molecule has 1 fully saturated rings. The molecule has 0 saturated carbocycles. The van der Waals surface area contributed by atoms with Crippen molar-refractivity contribution in [2.75, 3.05) is 25.6 Å². The lowest BCUT2D eigenvalue weighted by Crippen LogP contribution is -2.35. The highest BCUT2D eigenvalue weighted by Crippen LogP contribution is 2.32. The molecular weight excluding hydrogens is 268 g/mol. The minimum atomic E-state index is 0.180. The summed E-state index contributed by atoms with van der Waals surface area (Å²) >= 11 is 10.4. The van der Waals surface area contributed by atoms with Gasteiger partial charge in [-0.25, -0.2) is 0 Å². The number of benzene rings is 1. The van der Waals surface area contributed by atoms with Crippen molar-refractivity contribution in [1.82, 2.24) is 0 Å². The van der Waals surface area contributed by atoms with E-state index in [1.165, 1.54) is 0 Å². The van der Waals surface area contributed by atoms with Crippen LogP contribution < -0.4 is 0 Å². The minimum Gasteiger partial charge on any atom is -0.381 e. The third-order valence-electron chi connectivity index (χ3n) is 3.45. The fraction of sp³-hybridized carbons (Fsp3) is 0.571. The Balaban J connectivity index is 1.83. The molecule has 1 aliphatic heterocycles. The fourth-order valence-electron chi connectivity index (χ4n) is 2.16. The molecule has 0 atom stereocenters. The molecule has 1 heterocycles. The Hall–Kier alpha value is -0.220. The van der Waals surface area contributed by atoms with Crippen molar-refractivity contribution in [2.45, 2.75) is 19.4 Å². The Morgan fingerprint density at radius 1 is 1.33 bits per heavy atom. The third-order valence-corrected chi connectivity index (χ3v) is 4.36. The van der Waals surface area contributed by atoms with Crippen molar-refractivity contribution >= 4 is 24.2 Å². The SMILES string of the molecule is SCC1(COCc2cccc(Cl)c2)CCOCC1. The van der Waals surface area contributed by atoms with E-state index in [2.05, 4.69) is 12.6 Å². The number of hydrogen-bond donors (Lipinski definition) is 1. The van der Waals surface area contributed by atoms with Crippen LogP contribution in [0.4, 0.5) is 0 Å². The molecule has 0 aromatic heterocycles. The van der Waals surface area contributed by atoms with Crippen LogP contribution in [0.2, 0.25) is 5.02 Å². The first-order valence-corrected chi connectivity index (χ1v) is 7.26. The molecular formula is C14H19ClO2S. The monoisotopic (exact) mass is 286 g/mol. The fourth-order valence-corrected chi connectivity index (χ4v) is 2.79. The van der Waals surface area contributed by atoms with Gasteiger partial charge in [-0.15, -0.1) is 0 Å². The number of thiol groups is 1. The number of halogens is 1. The summed E-state index contributed by atoms with van der Waals surface area (Å²) in [6.07, 6.45) is 2.07. The molecule has 4 heteroatoms. The van der Waals surface area contributed by atoms with E-state index in [1.807, 2.05) is 24.3 Å². The maximum atomic E-state index is 5.94. The summed E-state index contributed by atoms with van der Waals surface area (Å²) in [5.41, 5.74) is 1.30. The summed E-state index contributed by atoms with van der Waals surface area (Å²) in [7, 11) is 0. The zero-order valence-electron chi connectivity index (χ0n) is 10.4. The van der Waals surface area contributed by atoms with Gasteiger partial charge in [-0.2, -0.15) is 12.6 Å². The first-order valence-electron chi connectivity index (χ1n) is 6.25. The van der Waals surface area contributed by atoms with Crippen molar-refractivity contribution in [3.8, 4) is 0 Å². The number of ether oxygens (including phenoxy) is 2. The van der Waals surface area contributed by atoms with E-state index in [9.17, 15) is 0 Å². The van der Waals surface area contributed by atoms with Crippen LogP contribution in [0.1, 0.15) is 18.4 Å². The van der Waals surface area contributed by atoms with Crippen molar-refractivity contribution < 1.29 is 9.47 Å². The van der Waals surface area contributed by atoms with E-state index in [0.29, 0.717) is 6.61 Å². The second kappa shape index (κ2) is 6.80. The summed E-state index contributed by atoms with van der Waals surface area (Å²) in [5, 5.41) is 0.756. The lowest BCUT2D eigenvalue weighted by molar-refractivity contribution is -0.0315. The first-order chi connectivity index (χ1) is 8.74. The summed E-state index contributed by atoms with van der Waals surface area (Å²) < 4.78 is 11.2. The Bertz CT molecular complexity index is 378. The van der Waals surface area contributed by atoms with Gasteiger partial charge < -0.3 is 9.47 Å². The van der Waals surface area contributed by atoms with Crippen molar-refractivity contribution in [1.29, 1.82) is 0 Å². The Labute approximate surface area is 119 Å². The van der Waals surface area contributed by atoms with E-state index < -0.39 is 0 Å². The van der Waals surface area contributed by atoms with Crippen LogP contribution in [0.25, 0.3) is 0 Å². The van der Waals surface area contributed by atoms with Gasteiger partial charge in [-0.1, -0.05) is 23.7 Å². The summed E-state index contributed by atoms with van der Waals surface area (Å²) in [6, 6.07) is 7.80. The standard InChI is InChI=1S/C14H19ClO2S/c15-13-3-1-2-12(8-13)9-17-10-14(11-18)4-6-16-7-5-14/h1-3,8,18H,4-7,9-11H2. The van der Waals surface area contributed by atoms with Crippen LogP contribution in [-0.2, 0) is 16.1 Å². The summed E-state index contributed by atoms with van der Waals surface area (Å²) in [4.78, 5) is 0. The largest absolute Gasteiger partial charge is 0.381 e. The Kier molecular flexibility index (Phi) is 5.37. The maximum Gasteiger partial charge on any atom is 0.0717 e. The number of rotatable bonds is 5. The van der Waals surface area contributed by atoms with E-state index >= 15 is 0 Å². The molecule has 0 amide bonds. The predicted molar refractivity (Wildman–Crippen MR) is 77.4 cm³/mol. The lowest BCUT2D eigenvalue weighted by Gasteiger charge is -2.35. The van der Waals surface area contributed by atoms with E-state index in [1.54, 1.807) is 0 Å². The third kappa shape index (κ3) is 3.89. The van der Waals surface area contributed by atoms with Gasteiger partial charge in [0.25, 0.3) is 0 Å². The molecule has 2 nitrogen and oxygen atoms in total. The van der Waals surface area contributed by atoms with Gasteiger partial charge in [0.2, 0.25) is 0 Å². The Morgan fingerprint density at radius 2 is 2.11 bits per heavy atom. The predicted octanol–water partition coefficient (Wildman–Crippen LogP) is 3.58. The van der Waals surface area contributed by atoms with Crippen LogP contribution in [0, 0.1) is 5.41 Å². The van der Waals surface area contributed by atoms with Gasteiger partial charge in [0.1, 0.15) is 0 Å². The molecule has 1 aromatic carbocycles. The van der Waals surface area contributed by atoms with Crippen LogP contribution >= 0.6 is 24.2 Å². The topological polar surface area (TPSA) is 18.5 Å². The van der Waals surface area contributed by atoms with Crippen LogP contribution in [0.15, 0.2) is 24.3 Å². The number of hydrogen-bond acceptors (Lipinski definition) is 3. The van der Waals surface area contributed by atoms with E-state index in [4.69, 9.17) is 21.1 Å². The minimum absolute atomic E-state index is 0.180. The molecule has 1 aliphatic rings. The second-order valence-electron chi connectivity index (χ2n) is 4.89.